The van der Waals surface area contributed by atoms with Crippen LogP contribution in [0.1, 0.15) is 101 Å². The molecule has 3 nitrogen and oxygen atoms in total. The summed E-state index contributed by atoms with van der Waals surface area (Å²) in [4.78, 5) is 10.1. The van der Waals surface area contributed by atoms with Gasteiger partial charge in [-0.2, -0.15) is 0 Å². The standard InChI is InChI=1S/C40H49O3P/c1-5-9-18-30-24-16-25-31(19-10-6-2)37(30)35-28-29-36(43-44(41)42)40(39(35)34-22-14-13-15-23-34)38-32(20-11-7-3)26-17-27-33(38)21-12-8-4/h13-17,22-29H,5-12,18-21H2,1-4H3/p+1. The van der Waals surface area contributed by atoms with E-state index in [4.69, 9.17) is 4.52 Å². The van der Waals surface area contributed by atoms with E-state index in [0.717, 1.165) is 93.7 Å². The van der Waals surface area contributed by atoms with Gasteiger partial charge < -0.3 is 0 Å². The van der Waals surface area contributed by atoms with Gasteiger partial charge in [-0.25, -0.2) is 4.52 Å². The molecule has 4 aromatic carbocycles. The molecule has 0 heterocycles. The van der Waals surface area contributed by atoms with Gasteiger partial charge in [-0.3, -0.25) is 0 Å². The van der Waals surface area contributed by atoms with Gasteiger partial charge in [-0.15, -0.1) is 4.89 Å². The third-order valence-corrected chi connectivity index (χ3v) is 8.95. The van der Waals surface area contributed by atoms with Gasteiger partial charge in [0.25, 0.3) is 0 Å². The Kier molecular flexibility index (Phi) is 13.2. The van der Waals surface area contributed by atoms with Crippen LogP contribution < -0.4 is 4.52 Å². The van der Waals surface area contributed by atoms with Crippen molar-refractivity contribution in [2.75, 3.05) is 0 Å². The van der Waals surface area contributed by atoms with Crippen LogP contribution in [0.25, 0.3) is 33.4 Å². The lowest BCUT2D eigenvalue weighted by Gasteiger charge is -2.24. The minimum atomic E-state index is -2.85. The molecule has 0 bridgehead atoms. The van der Waals surface area contributed by atoms with Crippen molar-refractivity contribution in [3.8, 4) is 39.1 Å². The van der Waals surface area contributed by atoms with Crippen LogP contribution >= 0.6 is 8.25 Å². The molecule has 0 aromatic heterocycles. The Morgan fingerprint density at radius 1 is 0.523 bits per heavy atom. The quantitative estimate of drug-likeness (QED) is 0.121. The highest BCUT2D eigenvalue weighted by molar-refractivity contribution is 7.32. The van der Waals surface area contributed by atoms with Crippen LogP contribution in [0.15, 0.2) is 78.9 Å². The van der Waals surface area contributed by atoms with E-state index in [9.17, 15) is 9.46 Å². The van der Waals surface area contributed by atoms with E-state index in [0.29, 0.717) is 5.75 Å². The zero-order chi connectivity index (χ0) is 31.3. The van der Waals surface area contributed by atoms with Crippen molar-refractivity contribution in [1.82, 2.24) is 0 Å². The Hall–Kier alpha value is -3.26. The first-order chi connectivity index (χ1) is 21.5. The first-order valence-electron chi connectivity index (χ1n) is 16.8. The maximum Gasteiger partial charge on any atom is 0.747 e. The number of unbranched alkanes of at least 4 members (excludes halogenated alkanes) is 4. The summed E-state index contributed by atoms with van der Waals surface area (Å²) in [7, 11) is -2.85. The van der Waals surface area contributed by atoms with Gasteiger partial charge in [0, 0.05) is 15.7 Å². The third-order valence-electron chi connectivity index (χ3n) is 8.60. The van der Waals surface area contributed by atoms with Gasteiger partial charge >= 0.3 is 8.25 Å². The molecular weight excluding hydrogens is 559 g/mol. The van der Waals surface area contributed by atoms with Crippen molar-refractivity contribution in [3.05, 3.63) is 101 Å². The van der Waals surface area contributed by atoms with Gasteiger partial charge in [0.1, 0.15) is 0 Å². The Labute approximate surface area is 266 Å². The van der Waals surface area contributed by atoms with Crippen molar-refractivity contribution in [3.63, 3.8) is 0 Å². The highest BCUT2D eigenvalue weighted by atomic mass is 31.1. The Bertz CT molecular complexity index is 1460. The lowest BCUT2D eigenvalue weighted by atomic mass is 9.80. The predicted octanol–water partition coefficient (Wildman–Crippen LogP) is 12.1. The maximum absolute atomic E-state index is 12.3. The summed E-state index contributed by atoms with van der Waals surface area (Å²) >= 11 is 0. The van der Waals surface area contributed by atoms with Crippen LogP contribution in [-0.4, -0.2) is 4.89 Å². The van der Waals surface area contributed by atoms with E-state index >= 15 is 0 Å². The minimum Gasteiger partial charge on any atom is -0.229 e. The van der Waals surface area contributed by atoms with E-state index in [1.807, 2.05) is 6.07 Å². The summed E-state index contributed by atoms with van der Waals surface area (Å²) in [5, 5.41) is 0. The normalized spacial score (nSPS) is 11.5. The van der Waals surface area contributed by atoms with E-state index in [1.54, 1.807) is 0 Å². The number of rotatable bonds is 17. The maximum atomic E-state index is 12.3. The fraction of sp³-hybridized carbons (Fsp3) is 0.400. The van der Waals surface area contributed by atoms with Crippen molar-refractivity contribution in [2.24, 2.45) is 0 Å². The van der Waals surface area contributed by atoms with Gasteiger partial charge in [0.05, 0.1) is 0 Å². The largest absolute Gasteiger partial charge is 0.747 e. The molecule has 0 aliphatic carbocycles. The van der Waals surface area contributed by atoms with Crippen LogP contribution in [0, 0.1) is 0 Å². The molecule has 4 heteroatoms. The predicted molar refractivity (Wildman–Crippen MR) is 188 cm³/mol. The van der Waals surface area contributed by atoms with Crippen molar-refractivity contribution in [1.29, 1.82) is 0 Å². The topological polar surface area (TPSA) is 46.5 Å². The summed E-state index contributed by atoms with van der Waals surface area (Å²) in [6.45, 7) is 8.96. The second kappa shape index (κ2) is 17.3. The molecule has 1 atom stereocenters. The summed E-state index contributed by atoms with van der Waals surface area (Å²) in [6, 6.07) is 28.1. The number of hydrogen-bond donors (Lipinski definition) is 1. The molecule has 0 saturated heterocycles. The van der Waals surface area contributed by atoms with Crippen molar-refractivity contribution in [2.45, 2.75) is 105 Å². The summed E-state index contributed by atoms with van der Waals surface area (Å²) in [5.41, 5.74) is 12.1. The molecule has 4 rings (SSSR count). The molecule has 0 amide bonds. The van der Waals surface area contributed by atoms with Crippen LogP contribution in [0.3, 0.4) is 0 Å². The van der Waals surface area contributed by atoms with Gasteiger partial charge in [0.15, 0.2) is 5.75 Å². The van der Waals surface area contributed by atoms with Crippen LogP contribution in [0.5, 0.6) is 5.75 Å². The highest BCUT2D eigenvalue weighted by Gasteiger charge is 2.28. The van der Waals surface area contributed by atoms with Crippen LogP contribution in [0.2, 0.25) is 0 Å². The monoisotopic (exact) mass is 609 g/mol. The Morgan fingerprint density at radius 2 is 0.977 bits per heavy atom. The summed E-state index contributed by atoms with van der Waals surface area (Å²) in [6.07, 6.45) is 12.8. The van der Waals surface area contributed by atoms with Gasteiger partial charge in [0.2, 0.25) is 0 Å². The molecule has 1 unspecified atom stereocenters. The van der Waals surface area contributed by atoms with Crippen molar-refractivity contribution >= 4 is 8.25 Å². The molecule has 44 heavy (non-hydrogen) atoms. The smallest absolute Gasteiger partial charge is 0.229 e. The highest BCUT2D eigenvalue weighted by Crippen LogP contribution is 2.50. The summed E-state index contributed by atoms with van der Waals surface area (Å²) < 4.78 is 18.2. The molecule has 0 aliphatic rings. The fourth-order valence-electron chi connectivity index (χ4n) is 6.38. The van der Waals surface area contributed by atoms with Crippen LogP contribution in [-0.2, 0) is 30.2 Å². The molecule has 4 aromatic rings. The number of benzene rings is 4. The Balaban J connectivity index is 2.18. The molecule has 0 saturated carbocycles. The van der Waals surface area contributed by atoms with Crippen LogP contribution in [0.4, 0.5) is 0 Å². The third kappa shape index (κ3) is 8.26. The lowest BCUT2D eigenvalue weighted by Crippen LogP contribution is -2.04. The average molecular weight is 610 g/mol. The average Bonchev–Trinajstić information content (AvgIpc) is 3.04. The first-order valence-corrected chi connectivity index (χ1v) is 18.0. The second-order valence-corrected chi connectivity index (χ2v) is 12.5. The Morgan fingerprint density at radius 3 is 1.41 bits per heavy atom. The van der Waals surface area contributed by atoms with E-state index in [-0.39, 0.29) is 0 Å². The zero-order valence-corrected chi connectivity index (χ0v) is 28.1. The molecular formula is C40H50O3P+. The molecule has 1 N–H and O–H groups in total. The van der Waals surface area contributed by atoms with Crippen molar-refractivity contribution < 1.29 is 14.0 Å². The van der Waals surface area contributed by atoms with Gasteiger partial charge in [-0.05, 0) is 108 Å². The SMILES string of the molecule is CCCCc1cccc(CCCC)c1-c1ccc(O[P+](=O)O)c(-c2c(CCCC)cccc2CCCC)c1-c1ccccc1. The molecule has 0 aliphatic heterocycles. The van der Waals surface area contributed by atoms with Gasteiger partial charge in [-0.1, -0.05) is 120 Å². The van der Waals surface area contributed by atoms with E-state index in [1.165, 1.54) is 38.9 Å². The first kappa shape index (κ1) is 33.6. The fourth-order valence-corrected chi connectivity index (χ4v) is 6.70. The molecule has 0 spiro atoms. The minimum absolute atomic E-state index is 0.471. The number of hydrogen-bond acceptors (Lipinski definition) is 2. The molecule has 0 fully saturated rings. The van der Waals surface area contributed by atoms with E-state index < -0.39 is 8.25 Å². The lowest BCUT2D eigenvalue weighted by molar-refractivity contribution is 0.411. The number of aryl methyl sites for hydroxylation is 4. The van der Waals surface area contributed by atoms with E-state index in [2.05, 4.69) is 100 Å². The second-order valence-electron chi connectivity index (χ2n) is 11.9. The molecule has 232 valence electrons. The summed E-state index contributed by atoms with van der Waals surface area (Å²) in [5.74, 6) is 0.471. The molecule has 0 radical (unpaired) electrons. The zero-order valence-electron chi connectivity index (χ0n) is 27.2.